The van der Waals surface area contributed by atoms with E-state index in [-0.39, 0.29) is 11.6 Å². The van der Waals surface area contributed by atoms with Crippen LogP contribution >= 0.6 is 15.9 Å². The van der Waals surface area contributed by atoms with Crippen LogP contribution in [0.5, 0.6) is 0 Å². The molecule has 1 fully saturated rings. The standard InChI is InChI=1S/C19H21BrN6/c1-12-17(20)26-15(6-9-23-26)18(24-12)25-14-5-3-2-4-13(14)16(21)19(25)7-10-22-11-8-19/h2-6,9,16,22H,7-8,10-11,21H2,1H3/t16-/m1/s1. The van der Waals surface area contributed by atoms with Crippen molar-refractivity contribution in [1.82, 2.24) is 19.9 Å². The lowest BCUT2D eigenvalue weighted by Crippen LogP contribution is -2.55. The predicted octanol–water partition coefficient (Wildman–Crippen LogP) is 3.07. The van der Waals surface area contributed by atoms with E-state index in [1.807, 2.05) is 23.7 Å². The largest absolute Gasteiger partial charge is 0.322 e. The van der Waals surface area contributed by atoms with Gasteiger partial charge >= 0.3 is 0 Å². The minimum Gasteiger partial charge on any atom is -0.322 e. The van der Waals surface area contributed by atoms with E-state index in [1.54, 1.807) is 0 Å². The lowest BCUT2D eigenvalue weighted by atomic mass is 9.80. The number of hydrogen-bond acceptors (Lipinski definition) is 5. The summed E-state index contributed by atoms with van der Waals surface area (Å²) in [6.07, 6.45) is 3.79. The van der Waals surface area contributed by atoms with Crippen molar-refractivity contribution in [1.29, 1.82) is 0 Å². The number of para-hydroxylation sites is 1. The van der Waals surface area contributed by atoms with Crippen molar-refractivity contribution in [3.8, 4) is 0 Å². The van der Waals surface area contributed by atoms with Crippen LogP contribution in [0, 0.1) is 6.92 Å². The zero-order chi connectivity index (χ0) is 17.9. The summed E-state index contributed by atoms with van der Waals surface area (Å²) in [4.78, 5) is 7.37. The van der Waals surface area contributed by atoms with E-state index in [0.717, 1.165) is 47.6 Å². The smallest absolute Gasteiger partial charge is 0.160 e. The molecule has 1 saturated heterocycles. The maximum atomic E-state index is 6.84. The van der Waals surface area contributed by atoms with Crippen molar-refractivity contribution in [2.45, 2.75) is 31.3 Å². The third-order valence-electron chi connectivity index (χ3n) is 5.85. The van der Waals surface area contributed by atoms with Crippen LogP contribution in [0.15, 0.2) is 41.1 Å². The first-order chi connectivity index (χ1) is 12.6. The molecule has 1 atom stereocenters. The molecule has 0 bridgehead atoms. The summed E-state index contributed by atoms with van der Waals surface area (Å²) in [5, 5.41) is 7.96. The van der Waals surface area contributed by atoms with E-state index < -0.39 is 0 Å². The molecule has 6 nitrogen and oxygen atoms in total. The molecule has 3 aromatic rings. The zero-order valence-corrected chi connectivity index (χ0v) is 16.2. The van der Waals surface area contributed by atoms with Crippen LogP contribution in [0.4, 0.5) is 11.5 Å². The van der Waals surface area contributed by atoms with Gasteiger partial charge in [0, 0.05) is 5.69 Å². The second-order valence-corrected chi connectivity index (χ2v) is 7.92. The number of anilines is 2. The number of halogens is 1. The van der Waals surface area contributed by atoms with E-state index in [4.69, 9.17) is 10.7 Å². The molecule has 1 aromatic carbocycles. The molecule has 1 spiro atoms. The fraction of sp³-hybridized carbons (Fsp3) is 0.368. The zero-order valence-electron chi connectivity index (χ0n) is 14.6. The lowest BCUT2D eigenvalue weighted by molar-refractivity contribution is 0.274. The van der Waals surface area contributed by atoms with Crippen molar-refractivity contribution in [2.75, 3.05) is 18.0 Å². The molecule has 0 aliphatic carbocycles. The number of benzene rings is 1. The van der Waals surface area contributed by atoms with E-state index >= 15 is 0 Å². The first-order valence-corrected chi connectivity index (χ1v) is 9.78. The Hall–Kier alpha value is -1.96. The van der Waals surface area contributed by atoms with E-state index in [9.17, 15) is 0 Å². The summed E-state index contributed by atoms with van der Waals surface area (Å²) in [5.41, 5.74) is 11.0. The molecule has 2 aliphatic heterocycles. The van der Waals surface area contributed by atoms with Gasteiger partial charge in [-0.2, -0.15) is 5.10 Å². The number of nitrogens with one attached hydrogen (secondary N) is 1. The number of aryl methyl sites for hydroxylation is 1. The highest BCUT2D eigenvalue weighted by Gasteiger charge is 2.51. The quantitative estimate of drug-likeness (QED) is 0.642. The van der Waals surface area contributed by atoms with Crippen molar-refractivity contribution >= 4 is 33.0 Å². The monoisotopic (exact) mass is 412 g/mol. The Morgan fingerprint density at radius 3 is 2.81 bits per heavy atom. The third-order valence-corrected chi connectivity index (χ3v) is 6.76. The number of nitrogens with zero attached hydrogens (tertiary/aromatic N) is 4. The highest BCUT2D eigenvalue weighted by Crippen LogP contribution is 2.53. The van der Waals surface area contributed by atoms with Crippen LogP contribution in [0.3, 0.4) is 0 Å². The van der Waals surface area contributed by atoms with Gasteiger partial charge in [0.2, 0.25) is 0 Å². The van der Waals surface area contributed by atoms with Crippen LogP contribution in [-0.4, -0.2) is 33.2 Å². The molecular formula is C19H21BrN6. The Balaban J connectivity index is 1.81. The first-order valence-electron chi connectivity index (χ1n) is 8.99. The number of hydrogen-bond donors (Lipinski definition) is 2. The molecule has 134 valence electrons. The number of nitrogens with two attached hydrogens (primary N) is 1. The minimum atomic E-state index is -0.160. The van der Waals surface area contributed by atoms with Gasteiger partial charge in [-0.3, -0.25) is 0 Å². The van der Waals surface area contributed by atoms with Crippen molar-refractivity contribution in [2.24, 2.45) is 5.73 Å². The van der Waals surface area contributed by atoms with Gasteiger partial charge in [0.25, 0.3) is 0 Å². The second kappa shape index (κ2) is 5.77. The molecule has 0 radical (unpaired) electrons. The summed E-state index contributed by atoms with van der Waals surface area (Å²) in [5.74, 6) is 0.936. The molecule has 2 aromatic heterocycles. The van der Waals surface area contributed by atoms with Gasteiger partial charge in [-0.1, -0.05) is 18.2 Å². The molecule has 5 rings (SSSR count). The number of fused-ring (bicyclic) bond motifs is 2. The van der Waals surface area contributed by atoms with Gasteiger partial charge in [-0.15, -0.1) is 0 Å². The fourth-order valence-corrected chi connectivity index (χ4v) is 4.92. The normalized spacial score (nSPS) is 21.5. The SMILES string of the molecule is Cc1nc(N2c3ccccc3[C@@H](N)C23CCNCC3)c2ccnn2c1Br. The van der Waals surface area contributed by atoms with Crippen LogP contribution in [0.2, 0.25) is 0 Å². The Labute approximate surface area is 160 Å². The number of piperidine rings is 1. The molecule has 0 unspecified atom stereocenters. The number of rotatable bonds is 1. The molecule has 7 heteroatoms. The van der Waals surface area contributed by atoms with Gasteiger partial charge in [0.15, 0.2) is 5.82 Å². The van der Waals surface area contributed by atoms with Crippen LogP contribution in [0.25, 0.3) is 5.52 Å². The summed E-state index contributed by atoms with van der Waals surface area (Å²) in [6, 6.07) is 10.5. The van der Waals surface area contributed by atoms with E-state index in [2.05, 4.69) is 55.5 Å². The van der Waals surface area contributed by atoms with Crippen molar-refractivity contribution in [3.63, 3.8) is 0 Å². The number of aromatic nitrogens is 3. The summed E-state index contributed by atoms with van der Waals surface area (Å²) in [6.45, 7) is 3.93. The first kappa shape index (κ1) is 16.2. The molecule has 2 aliphatic rings. The maximum Gasteiger partial charge on any atom is 0.160 e. The van der Waals surface area contributed by atoms with Gasteiger partial charge in [0.1, 0.15) is 10.1 Å². The molecule has 0 amide bonds. The van der Waals surface area contributed by atoms with Gasteiger partial charge in [-0.25, -0.2) is 9.50 Å². The molecule has 26 heavy (non-hydrogen) atoms. The Bertz CT molecular complexity index is 991. The van der Waals surface area contributed by atoms with Crippen LogP contribution in [0.1, 0.15) is 30.1 Å². The van der Waals surface area contributed by atoms with Gasteiger partial charge in [0.05, 0.1) is 23.5 Å². The molecule has 4 heterocycles. The Morgan fingerprint density at radius 2 is 2.00 bits per heavy atom. The Morgan fingerprint density at radius 1 is 1.23 bits per heavy atom. The third kappa shape index (κ3) is 2.05. The van der Waals surface area contributed by atoms with Gasteiger partial charge in [-0.05, 0) is 66.5 Å². The predicted molar refractivity (Wildman–Crippen MR) is 106 cm³/mol. The highest BCUT2D eigenvalue weighted by atomic mass is 79.9. The Kier molecular flexibility index (Phi) is 3.60. The molecule has 0 saturated carbocycles. The van der Waals surface area contributed by atoms with E-state index in [0.29, 0.717) is 0 Å². The van der Waals surface area contributed by atoms with E-state index in [1.165, 1.54) is 11.3 Å². The average Bonchev–Trinajstić information content (AvgIpc) is 3.24. The summed E-state index contributed by atoms with van der Waals surface area (Å²) in [7, 11) is 0. The topological polar surface area (TPSA) is 71.5 Å². The minimum absolute atomic E-state index is 0.0328. The summed E-state index contributed by atoms with van der Waals surface area (Å²) < 4.78 is 2.80. The van der Waals surface area contributed by atoms with Gasteiger partial charge < -0.3 is 16.0 Å². The highest BCUT2D eigenvalue weighted by molar-refractivity contribution is 9.10. The molecule has 3 N–H and O–H groups in total. The van der Waals surface area contributed by atoms with Crippen molar-refractivity contribution in [3.05, 3.63) is 52.4 Å². The lowest BCUT2D eigenvalue weighted by Gasteiger charge is -2.45. The summed E-state index contributed by atoms with van der Waals surface area (Å²) >= 11 is 3.62. The maximum absolute atomic E-state index is 6.84. The van der Waals surface area contributed by atoms with Crippen LogP contribution < -0.4 is 16.0 Å². The van der Waals surface area contributed by atoms with Crippen LogP contribution in [-0.2, 0) is 0 Å². The average molecular weight is 413 g/mol. The molecular weight excluding hydrogens is 392 g/mol. The van der Waals surface area contributed by atoms with Crippen molar-refractivity contribution < 1.29 is 0 Å². The second-order valence-electron chi connectivity index (χ2n) is 7.17. The fourth-order valence-electron chi connectivity index (χ4n) is 4.55.